The summed E-state index contributed by atoms with van der Waals surface area (Å²) in [5, 5.41) is 8.51. The Hall–Kier alpha value is -5.48. The molecule has 0 aliphatic rings. The maximum Gasteiger partial charge on any atom is 0.255 e. The third-order valence-corrected chi connectivity index (χ3v) is 7.48. The number of hydrogen-bond donors (Lipinski definition) is 5. The quantitative estimate of drug-likeness (QED) is 0.139. The van der Waals surface area contributed by atoms with Gasteiger partial charge in [-0.1, -0.05) is 84.9 Å². The first-order chi connectivity index (χ1) is 22.9. The number of amides is 4. The van der Waals surface area contributed by atoms with Crippen molar-refractivity contribution in [2.45, 2.75) is 57.3 Å². The lowest BCUT2D eigenvalue weighted by Crippen LogP contribution is -2.57. The third kappa shape index (κ3) is 10.5. The van der Waals surface area contributed by atoms with Crippen molar-refractivity contribution in [2.75, 3.05) is 6.61 Å². The largest absolute Gasteiger partial charge is 0.491 e. The van der Waals surface area contributed by atoms with E-state index in [2.05, 4.69) is 16.0 Å². The number of primary amides is 1. The van der Waals surface area contributed by atoms with Crippen LogP contribution in [0.4, 0.5) is 0 Å². The van der Waals surface area contributed by atoms with E-state index in [0.29, 0.717) is 23.3 Å². The molecule has 0 aliphatic carbocycles. The lowest BCUT2D eigenvalue weighted by atomic mass is 9.99. The van der Waals surface area contributed by atoms with E-state index in [-0.39, 0.29) is 12.5 Å². The Morgan fingerprint density at radius 2 is 1.31 bits per heavy atom. The van der Waals surface area contributed by atoms with Crippen LogP contribution in [-0.2, 0) is 16.0 Å². The van der Waals surface area contributed by atoms with Crippen molar-refractivity contribution in [3.05, 3.63) is 126 Å². The van der Waals surface area contributed by atoms with Crippen LogP contribution in [0.5, 0.6) is 5.75 Å². The van der Waals surface area contributed by atoms with Crippen LogP contribution >= 0.6 is 0 Å². The summed E-state index contributed by atoms with van der Waals surface area (Å²) in [6.45, 7) is 5.61. The minimum atomic E-state index is -1.25. The molecular weight excluding hydrogens is 606 g/mol. The van der Waals surface area contributed by atoms with E-state index in [1.165, 1.54) is 0 Å². The number of benzene rings is 4. The van der Waals surface area contributed by atoms with Crippen LogP contribution in [0.25, 0.3) is 11.1 Å². The van der Waals surface area contributed by atoms with Gasteiger partial charge in [-0.3, -0.25) is 19.2 Å². The summed E-state index contributed by atoms with van der Waals surface area (Å²) >= 11 is 0. The SMILES string of the molecule is CC(C)(C)NC(=O)c1ccccc1OC[C@@H](N)[C@H](Cc1ccccc1)NC(=O)[C@H](CC(N)=O)NC(=O)c1ccc(-c2ccccc2)cc1. The Balaban J connectivity index is 1.49. The molecular formula is C38H43N5O5. The third-order valence-electron chi connectivity index (χ3n) is 7.48. The van der Waals surface area contributed by atoms with Crippen LogP contribution in [-0.4, -0.2) is 53.9 Å². The highest BCUT2D eigenvalue weighted by Gasteiger charge is 2.29. The van der Waals surface area contributed by atoms with Gasteiger partial charge in [-0.05, 0) is 68.1 Å². The van der Waals surface area contributed by atoms with E-state index in [0.717, 1.165) is 16.7 Å². The average molecular weight is 650 g/mol. The summed E-state index contributed by atoms with van der Waals surface area (Å²) in [6, 6.07) is 30.2. The summed E-state index contributed by atoms with van der Waals surface area (Å²) in [7, 11) is 0. The molecule has 250 valence electrons. The topological polar surface area (TPSA) is 166 Å². The Morgan fingerprint density at radius 1 is 0.729 bits per heavy atom. The lowest BCUT2D eigenvalue weighted by Gasteiger charge is -2.28. The minimum Gasteiger partial charge on any atom is -0.491 e. The molecule has 0 aromatic heterocycles. The van der Waals surface area contributed by atoms with Gasteiger partial charge in [0.15, 0.2) is 0 Å². The molecule has 4 aromatic rings. The van der Waals surface area contributed by atoms with E-state index in [1.807, 2.05) is 93.6 Å². The van der Waals surface area contributed by atoms with Crippen LogP contribution in [0, 0.1) is 0 Å². The van der Waals surface area contributed by atoms with Crippen molar-refractivity contribution < 1.29 is 23.9 Å². The van der Waals surface area contributed by atoms with Gasteiger partial charge in [-0.25, -0.2) is 0 Å². The lowest BCUT2D eigenvalue weighted by molar-refractivity contribution is -0.127. The zero-order valence-corrected chi connectivity index (χ0v) is 27.4. The number of ether oxygens (including phenoxy) is 1. The van der Waals surface area contributed by atoms with Gasteiger partial charge in [0, 0.05) is 11.1 Å². The fourth-order valence-electron chi connectivity index (χ4n) is 5.05. The number of carbonyl (C=O) groups excluding carboxylic acids is 4. The van der Waals surface area contributed by atoms with Crippen molar-refractivity contribution in [3.8, 4) is 16.9 Å². The van der Waals surface area contributed by atoms with Gasteiger partial charge >= 0.3 is 0 Å². The number of nitrogens with two attached hydrogens (primary N) is 2. The Morgan fingerprint density at radius 3 is 1.94 bits per heavy atom. The molecule has 0 aliphatic heterocycles. The molecule has 4 rings (SSSR count). The van der Waals surface area contributed by atoms with Crippen molar-refractivity contribution in [2.24, 2.45) is 11.5 Å². The normalized spacial score (nSPS) is 13.0. The molecule has 48 heavy (non-hydrogen) atoms. The van der Waals surface area contributed by atoms with Gasteiger partial charge in [-0.2, -0.15) is 0 Å². The summed E-state index contributed by atoms with van der Waals surface area (Å²) in [4.78, 5) is 51.8. The molecule has 0 heterocycles. The maximum absolute atomic E-state index is 13.7. The molecule has 10 nitrogen and oxygen atoms in total. The van der Waals surface area contributed by atoms with E-state index in [4.69, 9.17) is 16.2 Å². The van der Waals surface area contributed by atoms with E-state index >= 15 is 0 Å². The van der Waals surface area contributed by atoms with Gasteiger partial charge in [0.25, 0.3) is 11.8 Å². The molecule has 7 N–H and O–H groups in total. The van der Waals surface area contributed by atoms with E-state index in [9.17, 15) is 19.2 Å². The number of para-hydroxylation sites is 1. The van der Waals surface area contributed by atoms with Crippen molar-refractivity contribution >= 4 is 23.6 Å². The molecule has 0 saturated carbocycles. The molecule has 0 unspecified atom stereocenters. The second kappa shape index (κ2) is 16.4. The van der Waals surface area contributed by atoms with Crippen LogP contribution < -0.4 is 32.2 Å². The zero-order valence-electron chi connectivity index (χ0n) is 27.4. The number of nitrogens with one attached hydrogen (secondary N) is 3. The van der Waals surface area contributed by atoms with Gasteiger partial charge in [0.2, 0.25) is 11.8 Å². The highest BCUT2D eigenvalue weighted by Crippen LogP contribution is 2.21. The first kappa shape index (κ1) is 35.4. The summed E-state index contributed by atoms with van der Waals surface area (Å²) in [5.41, 5.74) is 15.2. The number of rotatable bonds is 14. The monoisotopic (exact) mass is 649 g/mol. The molecule has 10 heteroatoms. The smallest absolute Gasteiger partial charge is 0.255 e. The molecule has 4 amide bonds. The number of hydrogen-bond acceptors (Lipinski definition) is 6. The minimum absolute atomic E-state index is 0.0435. The highest BCUT2D eigenvalue weighted by atomic mass is 16.5. The van der Waals surface area contributed by atoms with Crippen molar-refractivity contribution in [1.29, 1.82) is 0 Å². The Labute approximate surface area is 281 Å². The van der Waals surface area contributed by atoms with E-state index in [1.54, 1.807) is 36.4 Å². The highest BCUT2D eigenvalue weighted by molar-refractivity contribution is 5.99. The Kier molecular flexibility index (Phi) is 12.1. The van der Waals surface area contributed by atoms with Crippen LogP contribution in [0.3, 0.4) is 0 Å². The molecule has 0 bridgehead atoms. The Bertz CT molecular complexity index is 1690. The van der Waals surface area contributed by atoms with Crippen LogP contribution in [0.15, 0.2) is 109 Å². The standard InChI is InChI=1S/C38H43N5O5/c1-38(2,3)43-36(46)29-16-10-11-17-33(29)48-24-30(39)31(22-25-12-6-4-7-13-25)41-37(47)32(23-34(40)44)42-35(45)28-20-18-27(19-21-28)26-14-8-5-9-15-26/h4-21,30-32H,22-24,39H2,1-3H3,(H2,40,44)(H,41,47)(H,42,45)(H,43,46)/t30-,31+,32+/m1/s1. The predicted octanol–water partition coefficient (Wildman–Crippen LogP) is 3.99. The first-order valence-corrected chi connectivity index (χ1v) is 15.8. The van der Waals surface area contributed by atoms with Gasteiger partial charge < -0.3 is 32.2 Å². The fraction of sp³-hybridized carbons (Fsp3) is 0.263. The maximum atomic E-state index is 13.7. The fourth-order valence-corrected chi connectivity index (χ4v) is 5.05. The van der Waals surface area contributed by atoms with Gasteiger partial charge in [0.05, 0.1) is 24.1 Å². The molecule has 0 fully saturated rings. The van der Waals surface area contributed by atoms with Gasteiger partial charge in [-0.15, -0.1) is 0 Å². The number of carbonyl (C=O) groups is 4. The summed E-state index contributed by atoms with van der Waals surface area (Å²) in [5.74, 6) is -1.86. The predicted molar refractivity (Wildman–Crippen MR) is 186 cm³/mol. The molecule has 0 saturated heterocycles. The molecule has 0 spiro atoms. The van der Waals surface area contributed by atoms with Crippen LogP contribution in [0.2, 0.25) is 0 Å². The molecule has 3 atom stereocenters. The van der Waals surface area contributed by atoms with Gasteiger partial charge in [0.1, 0.15) is 18.4 Å². The summed E-state index contributed by atoms with van der Waals surface area (Å²) < 4.78 is 6.04. The average Bonchev–Trinajstić information content (AvgIpc) is 3.06. The molecule has 0 radical (unpaired) electrons. The van der Waals surface area contributed by atoms with Crippen molar-refractivity contribution in [3.63, 3.8) is 0 Å². The van der Waals surface area contributed by atoms with Crippen LogP contribution in [0.1, 0.15) is 53.5 Å². The zero-order chi connectivity index (χ0) is 34.7. The molecule has 4 aromatic carbocycles. The second-order valence-corrected chi connectivity index (χ2v) is 12.6. The second-order valence-electron chi connectivity index (χ2n) is 12.6. The summed E-state index contributed by atoms with van der Waals surface area (Å²) in [6.07, 6.45) is -0.0822. The first-order valence-electron chi connectivity index (χ1n) is 15.8. The van der Waals surface area contributed by atoms with E-state index < -0.39 is 47.8 Å². The van der Waals surface area contributed by atoms with Crippen molar-refractivity contribution in [1.82, 2.24) is 16.0 Å².